The molecule has 5 nitrogen and oxygen atoms in total. The first-order valence-corrected chi connectivity index (χ1v) is 6.13. The molecule has 0 aliphatic heterocycles. The van der Waals surface area contributed by atoms with E-state index in [0.717, 1.165) is 19.6 Å². The van der Waals surface area contributed by atoms with Crippen LogP contribution in [0.1, 0.15) is 24.2 Å². The van der Waals surface area contributed by atoms with Gasteiger partial charge < -0.3 is 21.1 Å². The van der Waals surface area contributed by atoms with Crippen molar-refractivity contribution in [1.29, 1.82) is 0 Å². The zero-order chi connectivity index (χ0) is 13.5. The molecule has 0 heterocycles. The molecule has 0 aliphatic rings. The fourth-order valence-electron chi connectivity index (χ4n) is 1.59. The fraction of sp³-hybridized carbons (Fsp3) is 0.462. The third-order valence-corrected chi connectivity index (χ3v) is 2.86. The minimum atomic E-state index is -0.367. The van der Waals surface area contributed by atoms with Crippen LogP contribution in [0, 0.1) is 0 Å². The van der Waals surface area contributed by atoms with Crippen molar-refractivity contribution in [2.45, 2.75) is 13.8 Å². The van der Waals surface area contributed by atoms with Gasteiger partial charge in [-0.3, -0.25) is 0 Å². The number of nitrogens with zero attached hydrogens (tertiary/aromatic N) is 1. The van der Waals surface area contributed by atoms with E-state index in [9.17, 15) is 4.79 Å². The van der Waals surface area contributed by atoms with Crippen LogP contribution in [0.3, 0.4) is 0 Å². The van der Waals surface area contributed by atoms with Crippen LogP contribution >= 0.6 is 12.4 Å². The predicted octanol–water partition coefficient (Wildman–Crippen LogP) is 1.77. The van der Waals surface area contributed by atoms with Crippen LogP contribution in [-0.4, -0.2) is 37.1 Å². The quantitative estimate of drug-likeness (QED) is 0.615. The highest BCUT2D eigenvalue weighted by molar-refractivity contribution is 5.91. The molecule has 1 aromatic rings. The van der Waals surface area contributed by atoms with Crippen molar-refractivity contribution >= 4 is 29.8 Å². The van der Waals surface area contributed by atoms with E-state index in [4.69, 9.17) is 16.2 Å². The summed E-state index contributed by atoms with van der Waals surface area (Å²) < 4.78 is 5.18. The van der Waals surface area contributed by atoms with E-state index in [2.05, 4.69) is 18.7 Å². The highest BCUT2D eigenvalue weighted by Gasteiger charge is 2.09. The number of hydrogen-bond donors (Lipinski definition) is 2. The average Bonchev–Trinajstić information content (AvgIpc) is 2.37. The van der Waals surface area contributed by atoms with Crippen molar-refractivity contribution in [3.05, 3.63) is 23.8 Å². The molecule has 19 heavy (non-hydrogen) atoms. The molecule has 0 bridgehead atoms. The second kappa shape index (κ2) is 8.61. The van der Waals surface area contributed by atoms with Crippen LogP contribution in [0.25, 0.3) is 0 Å². The van der Waals surface area contributed by atoms with Gasteiger partial charge in [-0.1, -0.05) is 13.8 Å². The number of anilines is 2. The smallest absolute Gasteiger partial charge is 0.338 e. The van der Waals surface area contributed by atoms with Gasteiger partial charge in [-0.25, -0.2) is 4.79 Å². The zero-order valence-electron chi connectivity index (χ0n) is 11.4. The summed E-state index contributed by atoms with van der Waals surface area (Å²) in [5, 5.41) is 0. The van der Waals surface area contributed by atoms with Gasteiger partial charge in [0.05, 0.1) is 16.9 Å². The number of hydrogen-bond acceptors (Lipinski definition) is 5. The summed E-state index contributed by atoms with van der Waals surface area (Å²) in [5.74, 6) is -0.367. The molecular formula is C13H22ClN3O2. The normalized spacial score (nSPS) is 10.1. The van der Waals surface area contributed by atoms with Crippen LogP contribution in [0.2, 0.25) is 0 Å². The van der Waals surface area contributed by atoms with E-state index in [1.54, 1.807) is 12.1 Å². The SMILES string of the molecule is CCN(CC)CCOC(=O)c1ccc(N)c(N)c1.Cl. The number of benzene rings is 1. The summed E-state index contributed by atoms with van der Waals surface area (Å²) in [6, 6.07) is 4.76. The van der Waals surface area contributed by atoms with E-state index >= 15 is 0 Å². The summed E-state index contributed by atoms with van der Waals surface area (Å²) in [6.07, 6.45) is 0. The topological polar surface area (TPSA) is 81.6 Å². The number of likely N-dealkylation sites (N-methyl/N-ethyl adjacent to an activating group) is 1. The Morgan fingerprint density at radius 1 is 1.21 bits per heavy atom. The molecule has 1 rings (SSSR count). The van der Waals surface area contributed by atoms with Gasteiger partial charge in [0.15, 0.2) is 0 Å². The second-order valence-electron chi connectivity index (χ2n) is 4.01. The third-order valence-electron chi connectivity index (χ3n) is 2.86. The van der Waals surface area contributed by atoms with Gasteiger partial charge in [-0.15, -0.1) is 12.4 Å². The monoisotopic (exact) mass is 287 g/mol. The van der Waals surface area contributed by atoms with Gasteiger partial charge in [0, 0.05) is 6.54 Å². The van der Waals surface area contributed by atoms with Crippen molar-refractivity contribution in [2.24, 2.45) is 0 Å². The molecule has 0 aromatic heterocycles. The Bertz CT molecular complexity index is 409. The minimum absolute atomic E-state index is 0. The summed E-state index contributed by atoms with van der Waals surface area (Å²) >= 11 is 0. The van der Waals surface area contributed by atoms with E-state index in [1.807, 2.05) is 0 Å². The first-order chi connectivity index (χ1) is 8.58. The summed E-state index contributed by atoms with van der Waals surface area (Å²) in [7, 11) is 0. The second-order valence-corrected chi connectivity index (χ2v) is 4.01. The van der Waals surface area contributed by atoms with Crippen LogP contribution < -0.4 is 11.5 Å². The maximum Gasteiger partial charge on any atom is 0.338 e. The Balaban J connectivity index is 0.00000324. The van der Waals surface area contributed by atoms with Gasteiger partial charge >= 0.3 is 5.97 Å². The highest BCUT2D eigenvalue weighted by Crippen LogP contribution is 2.16. The van der Waals surface area contributed by atoms with Crippen molar-refractivity contribution in [3.8, 4) is 0 Å². The summed E-state index contributed by atoms with van der Waals surface area (Å²) in [4.78, 5) is 13.9. The number of carbonyl (C=O) groups excluding carboxylic acids is 1. The lowest BCUT2D eigenvalue weighted by atomic mass is 10.2. The molecule has 1 aromatic carbocycles. The summed E-state index contributed by atoms with van der Waals surface area (Å²) in [6.45, 7) is 7.16. The Labute approximate surface area is 120 Å². The van der Waals surface area contributed by atoms with E-state index in [0.29, 0.717) is 23.5 Å². The molecular weight excluding hydrogens is 266 g/mol. The molecule has 4 N–H and O–H groups in total. The largest absolute Gasteiger partial charge is 0.461 e. The van der Waals surface area contributed by atoms with Crippen molar-refractivity contribution in [2.75, 3.05) is 37.7 Å². The first-order valence-electron chi connectivity index (χ1n) is 6.13. The Morgan fingerprint density at radius 3 is 2.37 bits per heavy atom. The Hall–Kier alpha value is -1.46. The molecule has 108 valence electrons. The zero-order valence-corrected chi connectivity index (χ0v) is 12.2. The lowest BCUT2D eigenvalue weighted by Gasteiger charge is -2.17. The van der Waals surface area contributed by atoms with Gasteiger partial charge in [-0.05, 0) is 31.3 Å². The molecule has 0 spiro atoms. The molecule has 6 heteroatoms. The van der Waals surface area contributed by atoms with Crippen LogP contribution in [-0.2, 0) is 4.74 Å². The molecule has 0 atom stereocenters. The highest BCUT2D eigenvalue weighted by atomic mass is 35.5. The molecule has 0 radical (unpaired) electrons. The first kappa shape index (κ1) is 17.5. The number of carbonyl (C=O) groups is 1. The van der Waals surface area contributed by atoms with Crippen molar-refractivity contribution in [1.82, 2.24) is 4.90 Å². The number of nitrogen functional groups attached to an aromatic ring is 2. The van der Waals surface area contributed by atoms with E-state index in [-0.39, 0.29) is 18.4 Å². The number of nitrogens with two attached hydrogens (primary N) is 2. The van der Waals surface area contributed by atoms with Crippen LogP contribution in [0.15, 0.2) is 18.2 Å². The minimum Gasteiger partial charge on any atom is -0.461 e. The van der Waals surface area contributed by atoms with Gasteiger partial charge in [0.1, 0.15) is 6.61 Å². The van der Waals surface area contributed by atoms with Crippen molar-refractivity contribution in [3.63, 3.8) is 0 Å². The lowest BCUT2D eigenvalue weighted by Crippen LogP contribution is -2.27. The molecule has 0 unspecified atom stereocenters. The average molecular weight is 288 g/mol. The molecule has 0 saturated carbocycles. The van der Waals surface area contributed by atoms with Gasteiger partial charge in [0.25, 0.3) is 0 Å². The standard InChI is InChI=1S/C13H21N3O2.ClH/c1-3-16(4-2)7-8-18-13(17)10-5-6-11(14)12(15)9-10;/h5-6,9H,3-4,7-8,14-15H2,1-2H3;1H. The maximum absolute atomic E-state index is 11.7. The number of halogens is 1. The van der Waals surface area contributed by atoms with E-state index < -0.39 is 0 Å². The number of rotatable bonds is 6. The van der Waals surface area contributed by atoms with Crippen molar-refractivity contribution < 1.29 is 9.53 Å². The predicted molar refractivity (Wildman–Crippen MR) is 80.6 cm³/mol. The van der Waals surface area contributed by atoms with Gasteiger partial charge in [-0.2, -0.15) is 0 Å². The molecule has 0 fully saturated rings. The van der Waals surface area contributed by atoms with Crippen LogP contribution in [0.4, 0.5) is 11.4 Å². The van der Waals surface area contributed by atoms with Gasteiger partial charge in [0.2, 0.25) is 0 Å². The fourth-order valence-corrected chi connectivity index (χ4v) is 1.59. The van der Waals surface area contributed by atoms with E-state index in [1.165, 1.54) is 6.07 Å². The lowest BCUT2D eigenvalue weighted by molar-refractivity contribution is 0.0466. The third kappa shape index (κ3) is 5.36. The number of esters is 1. The summed E-state index contributed by atoms with van der Waals surface area (Å²) in [5.41, 5.74) is 12.5. The Kier molecular flexibility index (Phi) is 7.95. The Morgan fingerprint density at radius 2 is 1.84 bits per heavy atom. The maximum atomic E-state index is 11.7. The molecule has 0 saturated heterocycles. The molecule has 0 aliphatic carbocycles. The number of ether oxygens (including phenoxy) is 1. The van der Waals surface area contributed by atoms with Crippen LogP contribution in [0.5, 0.6) is 0 Å². The molecule has 0 amide bonds.